The van der Waals surface area contributed by atoms with Gasteiger partial charge in [-0.3, -0.25) is 9.59 Å². The van der Waals surface area contributed by atoms with Gasteiger partial charge >= 0.3 is 0 Å². The Labute approximate surface area is 207 Å². The third kappa shape index (κ3) is 6.42. The van der Waals surface area contributed by atoms with Gasteiger partial charge in [-0.1, -0.05) is 32.4 Å². The number of benzene rings is 2. The molecule has 1 saturated heterocycles. The molecular weight excluding hydrogens is 444 g/mol. The van der Waals surface area contributed by atoms with Crippen LogP contribution in [0.3, 0.4) is 0 Å². The summed E-state index contributed by atoms with van der Waals surface area (Å²) < 4.78 is 11.4. The van der Waals surface area contributed by atoms with E-state index in [1.807, 2.05) is 50.2 Å². The lowest BCUT2D eigenvalue weighted by molar-refractivity contribution is -0.140. The second-order valence-corrected chi connectivity index (χ2v) is 8.94. The third-order valence-corrected chi connectivity index (χ3v) is 5.89. The average Bonchev–Trinajstić information content (AvgIpc) is 3.11. The van der Waals surface area contributed by atoms with Crippen molar-refractivity contribution in [2.24, 2.45) is 0 Å². The van der Waals surface area contributed by atoms with Crippen molar-refractivity contribution in [3.63, 3.8) is 0 Å². The normalized spacial score (nSPS) is 17.3. The molecule has 1 unspecified atom stereocenters. The van der Waals surface area contributed by atoms with Gasteiger partial charge in [0, 0.05) is 18.7 Å². The minimum absolute atomic E-state index is 0.0932. The van der Waals surface area contributed by atoms with Gasteiger partial charge in [-0.25, -0.2) is 0 Å². The first-order valence-electron chi connectivity index (χ1n) is 12.3. The van der Waals surface area contributed by atoms with Crippen LogP contribution in [0.2, 0.25) is 0 Å². The van der Waals surface area contributed by atoms with Crippen molar-refractivity contribution < 1.29 is 24.2 Å². The van der Waals surface area contributed by atoms with E-state index in [0.717, 1.165) is 30.6 Å². The molecule has 0 bridgehead atoms. The maximum atomic E-state index is 13.1. The number of nitrogens with zero attached hydrogens (tertiary/aromatic N) is 2. The van der Waals surface area contributed by atoms with Gasteiger partial charge in [0.2, 0.25) is 0 Å². The van der Waals surface area contributed by atoms with Crippen LogP contribution in [0, 0.1) is 0 Å². The van der Waals surface area contributed by atoms with E-state index in [1.54, 1.807) is 24.3 Å². The minimum Gasteiger partial charge on any atom is -0.507 e. The van der Waals surface area contributed by atoms with E-state index >= 15 is 0 Å². The Morgan fingerprint density at radius 3 is 2.09 bits per heavy atom. The summed E-state index contributed by atoms with van der Waals surface area (Å²) >= 11 is 0. The topological polar surface area (TPSA) is 79.3 Å². The maximum Gasteiger partial charge on any atom is 0.295 e. The quantitative estimate of drug-likeness (QED) is 0.206. The number of likely N-dealkylation sites (tertiary alicyclic amines) is 1. The Kier molecular flexibility index (Phi) is 9.32. The number of unbranched alkanes of at least 4 members (excludes halogenated alkanes) is 1. The molecule has 1 amide bonds. The van der Waals surface area contributed by atoms with E-state index in [1.165, 1.54) is 4.90 Å². The van der Waals surface area contributed by atoms with Crippen LogP contribution in [0.25, 0.3) is 5.76 Å². The van der Waals surface area contributed by atoms with Crippen LogP contribution >= 0.6 is 0 Å². The zero-order valence-electron chi connectivity index (χ0n) is 21.1. The van der Waals surface area contributed by atoms with E-state index in [-0.39, 0.29) is 11.3 Å². The van der Waals surface area contributed by atoms with Gasteiger partial charge in [-0.2, -0.15) is 0 Å². The van der Waals surface area contributed by atoms with Crippen molar-refractivity contribution in [1.29, 1.82) is 0 Å². The summed E-state index contributed by atoms with van der Waals surface area (Å²) in [6.45, 7) is 6.31. The lowest BCUT2D eigenvalue weighted by atomic mass is 9.95. The fourth-order valence-corrected chi connectivity index (χ4v) is 3.93. The molecule has 0 aromatic heterocycles. The summed E-state index contributed by atoms with van der Waals surface area (Å²) in [4.78, 5) is 29.7. The predicted molar refractivity (Wildman–Crippen MR) is 137 cm³/mol. The molecule has 0 spiro atoms. The Morgan fingerprint density at radius 2 is 1.51 bits per heavy atom. The lowest BCUT2D eigenvalue weighted by Gasteiger charge is -2.26. The second-order valence-electron chi connectivity index (χ2n) is 8.94. The summed E-state index contributed by atoms with van der Waals surface area (Å²) in [7, 11) is 3.82. The van der Waals surface area contributed by atoms with Crippen molar-refractivity contribution in [2.45, 2.75) is 39.2 Å². The summed E-state index contributed by atoms with van der Waals surface area (Å²) in [6, 6.07) is 13.6. The highest BCUT2D eigenvalue weighted by Gasteiger charge is 2.45. The second kappa shape index (κ2) is 12.4. The highest BCUT2D eigenvalue weighted by atomic mass is 16.5. The smallest absolute Gasteiger partial charge is 0.295 e. The van der Waals surface area contributed by atoms with E-state index in [9.17, 15) is 14.7 Å². The van der Waals surface area contributed by atoms with Crippen LogP contribution in [0.15, 0.2) is 54.1 Å². The summed E-state index contributed by atoms with van der Waals surface area (Å²) in [5.41, 5.74) is 1.30. The molecule has 7 heteroatoms. The molecule has 7 nitrogen and oxygen atoms in total. The fourth-order valence-electron chi connectivity index (χ4n) is 3.93. The molecule has 1 aliphatic heterocycles. The molecule has 0 aliphatic carbocycles. The number of rotatable bonds is 12. The van der Waals surface area contributed by atoms with Crippen LogP contribution in [0.1, 0.15) is 50.3 Å². The minimum atomic E-state index is -0.685. The molecule has 1 aliphatic rings. The summed E-state index contributed by atoms with van der Waals surface area (Å²) in [6.07, 6.45) is 2.90. The standard InChI is InChI=1S/C28H36N2O5/c1-5-7-19-35-23-14-10-21(11-15-23)26(31)24-25(20-8-12-22(13-9-20)34-18-6-2)30(17-16-29(3)4)28(33)27(24)32/h8-15,25,31H,5-7,16-19H2,1-4H3/b26-24+. The molecule has 3 rings (SSSR count). The van der Waals surface area contributed by atoms with Crippen molar-refractivity contribution in [3.8, 4) is 11.5 Å². The molecule has 1 heterocycles. The van der Waals surface area contributed by atoms with E-state index < -0.39 is 17.7 Å². The number of ether oxygens (including phenoxy) is 2. The van der Waals surface area contributed by atoms with E-state index in [2.05, 4.69) is 6.92 Å². The first-order chi connectivity index (χ1) is 16.9. The highest BCUT2D eigenvalue weighted by molar-refractivity contribution is 6.46. The van der Waals surface area contributed by atoms with Gasteiger partial charge in [-0.05, 0) is 68.9 Å². The zero-order chi connectivity index (χ0) is 25.4. The van der Waals surface area contributed by atoms with E-state index in [4.69, 9.17) is 9.47 Å². The number of Topliss-reactive ketones (excluding diaryl/α,β-unsaturated/α-hetero) is 1. The molecule has 1 atom stereocenters. The molecular formula is C28H36N2O5. The van der Waals surface area contributed by atoms with Crippen LogP contribution in [0.4, 0.5) is 0 Å². The molecule has 2 aromatic carbocycles. The third-order valence-electron chi connectivity index (χ3n) is 5.89. The number of carbonyl (C=O) groups excluding carboxylic acids is 2. The van der Waals surface area contributed by atoms with Gasteiger partial charge in [0.15, 0.2) is 0 Å². The predicted octanol–water partition coefficient (Wildman–Crippen LogP) is 4.64. The summed E-state index contributed by atoms with van der Waals surface area (Å²) in [5, 5.41) is 11.2. The van der Waals surface area contributed by atoms with Gasteiger partial charge in [0.1, 0.15) is 17.3 Å². The Morgan fingerprint density at radius 1 is 0.914 bits per heavy atom. The maximum absolute atomic E-state index is 13.1. The largest absolute Gasteiger partial charge is 0.507 e. The van der Waals surface area contributed by atoms with Gasteiger partial charge in [0.25, 0.3) is 11.7 Å². The van der Waals surface area contributed by atoms with Gasteiger partial charge < -0.3 is 24.4 Å². The Hall–Kier alpha value is -3.32. The number of carbonyl (C=O) groups is 2. The Bertz CT molecular complexity index is 1030. The van der Waals surface area contributed by atoms with Gasteiger partial charge in [0.05, 0.1) is 24.8 Å². The SMILES string of the molecule is CCCCOc1ccc(/C(O)=C2\C(=O)C(=O)N(CCN(C)C)C2c2ccc(OCCC)cc2)cc1. The van der Waals surface area contributed by atoms with Crippen molar-refractivity contribution in [2.75, 3.05) is 40.4 Å². The molecule has 1 N–H and O–H groups in total. The van der Waals surface area contributed by atoms with Crippen LogP contribution in [-0.4, -0.2) is 67.0 Å². The number of ketones is 1. The number of aliphatic hydroxyl groups is 1. The fraction of sp³-hybridized carbons (Fsp3) is 0.429. The number of likely N-dealkylation sites (N-methyl/N-ethyl adjacent to an activating group) is 1. The monoisotopic (exact) mass is 480 g/mol. The molecule has 1 fully saturated rings. The molecule has 2 aromatic rings. The first-order valence-corrected chi connectivity index (χ1v) is 12.3. The Balaban J connectivity index is 1.98. The number of hydrogen-bond acceptors (Lipinski definition) is 6. The molecule has 0 radical (unpaired) electrons. The van der Waals surface area contributed by atoms with Crippen molar-refractivity contribution >= 4 is 17.4 Å². The molecule has 35 heavy (non-hydrogen) atoms. The van der Waals surface area contributed by atoms with Crippen LogP contribution in [-0.2, 0) is 9.59 Å². The average molecular weight is 481 g/mol. The van der Waals surface area contributed by atoms with Crippen molar-refractivity contribution in [1.82, 2.24) is 9.80 Å². The highest BCUT2D eigenvalue weighted by Crippen LogP contribution is 2.39. The van der Waals surface area contributed by atoms with E-state index in [0.29, 0.717) is 37.6 Å². The zero-order valence-corrected chi connectivity index (χ0v) is 21.1. The van der Waals surface area contributed by atoms with Crippen molar-refractivity contribution in [3.05, 3.63) is 65.2 Å². The first kappa shape index (κ1) is 26.3. The molecule has 188 valence electrons. The van der Waals surface area contributed by atoms with Gasteiger partial charge in [-0.15, -0.1) is 0 Å². The number of hydrogen-bond donors (Lipinski definition) is 1. The van der Waals surface area contributed by atoms with Crippen LogP contribution < -0.4 is 9.47 Å². The molecule has 0 saturated carbocycles. The lowest BCUT2D eigenvalue weighted by Crippen LogP contribution is -2.35. The number of aliphatic hydroxyl groups excluding tert-OH is 1. The summed E-state index contributed by atoms with van der Waals surface area (Å²) in [5.74, 6) is -0.0580. The number of amides is 1. The van der Waals surface area contributed by atoms with Crippen LogP contribution in [0.5, 0.6) is 11.5 Å².